The zero-order chi connectivity index (χ0) is 33.0. The van der Waals surface area contributed by atoms with Crippen molar-refractivity contribution in [2.75, 3.05) is 0 Å². The average molecular weight is 638 g/mol. The lowest BCUT2D eigenvalue weighted by Crippen LogP contribution is -1.99. The summed E-state index contributed by atoms with van der Waals surface area (Å²) in [6.45, 7) is 0. The Bertz CT molecular complexity index is 2710. The molecule has 0 amide bonds. The summed E-state index contributed by atoms with van der Waals surface area (Å²) in [5.74, 6) is 0.757. The van der Waals surface area contributed by atoms with E-state index in [1.165, 1.54) is 66.4 Å². The topological polar surface area (TPSA) is 30.7 Å². The molecule has 0 saturated heterocycles. The molecule has 234 valence electrons. The maximum atomic E-state index is 5.22. The Morgan fingerprint density at radius 2 is 0.980 bits per heavy atom. The molecule has 0 saturated carbocycles. The quantitative estimate of drug-likeness (QED) is 0.188. The van der Waals surface area contributed by atoms with E-state index in [1.54, 1.807) is 0 Å². The molecule has 0 bridgehead atoms. The van der Waals surface area contributed by atoms with Crippen molar-refractivity contribution >= 4 is 21.8 Å². The first-order chi connectivity index (χ1) is 24.8. The van der Waals surface area contributed by atoms with Crippen LogP contribution in [0.5, 0.6) is 0 Å². The molecule has 0 fully saturated rings. The van der Waals surface area contributed by atoms with Gasteiger partial charge in [-0.1, -0.05) is 133 Å². The van der Waals surface area contributed by atoms with Gasteiger partial charge in [-0.2, -0.15) is 0 Å². The third-order valence-corrected chi connectivity index (χ3v) is 10.0. The summed E-state index contributed by atoms with van der Waals surface area (Å²) >= 11 is 0. The van der Waals surface area contributed by atoms with Crippen molar-refractivity contribution in [3.63, 3.8) is 0 Å². The number of hydrogen-bond donors (Lipinski definition) is 0. The highest BCUT2D eigenvalue weighted by atomic mass is 15.0. The van der Waals surface area contributed by atoms with Gasteiger partial charge in [0, 0.05) is 45.1 Å². The molecule has 0 atom stereocenters. The first kappa shape index (κ1) is 28.4. The molecule has 0 unspecified atom stereocenters. The predicted molar refractivity (Wildman–Crippen MR) is 206 cm³/mol. The lowest BCUT2D eigenvalue weighted by atomic mass is 9.96. The van der Waals surface area contributed by atoms with Crippen molar-refractivity contribution in [3.8, 4) is 61.8 Å². The van der Waals surface area contributed by atoms with Gasteiger partial charge in [0.05, 0.1) is 22.4 Å². The second-order valence-electron chi connectivity index (χ2n) is 13.0. The standard InChI is InChI=1S/C47H31N3/c1-4-13-31(14-5-1)45-42-30-37-24-23-35(28-40(37)46(42)49-47(48-45)32-15-6-2-7-16-32)33-17-12-18-34(27-33)36-25-26-44-41(29-36)39-21-10-11-22-43(39)50(44)38-19-8-3-9-20-38/h1-29H,30H2. The van der Waals surface area contributed by atoms with E-state index >= 15 is 0 Å². The Kier molecular flexibility index (Phi) is 6.56. The van der Waals surface area contributed by atoms with Gasteiger partial charge in [-0.05, 0) is 70.3 Å². The Balaban J connectivity index is 1.08. The third-order valence-electron chi connectivity index (χ3n) is 10.0. The maximum absolute atomic E-state index is 5.22. The zero-order valence-electron chi connectivity index (χ0n) is 27.3. The number of para-hydroxylation sites is 2. The summed E-state index contributed by atoms with van der Waals surface area (Å²) in [4.78, 5) is 10.4. The van der Waals surface area contributed by atoms with Crippen LogP contribution in [0.15, 0.2) is 176 Å². The van der Waals surface area contributed by atoms with Crippen LogP contribution in [0.1, 0.15) is 11.1 Å². The minimum Gasteiger partial charge on any atom is -0.309 e. The highest BCUT2D eigenvalue weighted by molar-refractivity contribution is 6.10. The van der Waals surface area contributed by atoms with E-state index in [1.807, 2.05) is 18.2 Å². The normalized spacial score (nSPS) is 11.9. The predicted octanol–water partition coefficient (Wildman–Crippen LogP) is 11.8. The summed E-state index contributed by atoms with van der Waals surface area (Å²) in [5, 5.41) is 2.51. The van der Waals surface area contributed by atoms with Gasteiger partial charge < -0.3 is 4.57 Å². The molecule has 0 N–H and O–H groups in total. The van der Waals surface area contributed by atoms with Gasteiger partial charge in [0.2, 0.25) is 0 Å². The third kappa shape index (κ3) is 4.67. The fourth-order valence-corrected chi connectivity index (χ4v) is 7.63. The largest absolute Gasteiger partial charge is 0.309 e. The molecule has 3 heteroatoms. The van der Waals surface area contributed by atoms with Crippen molar-refractivity contribution in [1.29, 1.82) is 0 Å². The second-order valence-corrected chi connectivity index (χ2v) is 13.0. The molecule has 1 aliphatic rings. The molecule has 9 aromatic rings. The van der Waals surface area contributed by atoms with E-state index in [0.717, 1.165) is 34.8 Å². The van der Waals surface area contributed by atoms with Gasteiger partial charge in [-0.15, -0.1) is 0 Å². The van der Waals surface area contributed by atoms with Crippen LogP contribution in [0, 0.1) is 0 Å². The molecular weight excluding hydrogens is 607 g/mol. The minimum absolute atomic E-state index is 0.757. The van der Waals surface area contributed by atoms with Crippen LogP contribution in [0.2, 0.25) is 0 Å². The van der Waals surface area contributed by atoms with E-state index < -0.39 is 0 Å². The molecule has 3 nitrogen and oxygen atoms in total. The summed E-state index contributed by atoms with van der Waals surface area (Å²) in [5.41, 5.74) is 16.2. The second kappa shape index (κ2) is 11.5. The Hall–Kier alpha value is -6.58. The van der Waals surface area contributed by atoms with Gasteiger partial charge in [0.15, 0.2) is 5.82 Å². The molecule has 50 heavy (non-hydrogen) atoms. The van der Waals surface area contributed by atoms with Gasteiger partial charge in [-0.25, -0.2) is 9.97 Å². The molecule has 0 aliphatic heterocycles. The fraction of sp³-hybridized carbons (Fsp3) is 0.0213. The fourth-order valence-electron chi connectivity index (χ4n) is 7.63. The molecule has 0 spiro atoms. The lowest BCUT2D eigenvalue weighted by Gasteiger charge is -2.12. The molecule has 7 aromatic carbocycles. The van der Waals surface area contributed by atoms with Crippen molar-refractivity contribution in [2.24, 2.45) is 0 Å². The number of aromatic nitrogens is 3. The average Bonchev–Trinajstić information content (AvgIpc) is 3.73. The van der Waals surface area contributed by atoms with Crippen molar-refractivity contribution in [1.82, 2.24) is 14.5 Å². The van der Waals surface area contributed by atoms with Gasteiger partial charge in [0.25, 0.3) is 0 Å². The van der Waals surface area contributed by atoms with Gasteiger partial charge in [-0.3, -0.25) is 0 Å². The molecule has 1 aliphatic carbocycles. The molecular formula is C47H31N3. The van der Waals surface area contributed by atoms with E-state index in [2.05, 4.69) is 162 Å². The number of rotatable bonds is 5. The van der Waals surface area contributed by atoms with E-state index in [9.17, 15) is 0 Å². The SMILES string of the molecule is c1ccc(-c2nc(-c3ccccc3)c3c(n2)-c2cc(-c4cccc(-c5ccc6c(c5)c5ccccc5n6-c5ccccc5)c4)ccc2C3)cc1. The van der Waals surface area contributed by atoms with E-state index in [-0.39, 0.29) is 0 Å². The van der Waals surface area contributed by atoms with E-state index in [0.29, 0.717) is 0 Å². The number of nitrogens with zero attached hydrogens (tertiary/aromatic N) is 3. The van der Waals surface area contributed by atoms with Gasteiger partial charge >= 0.3 is 0 Å². The Labute approximate surface area is 290 Å². The van der Waals surface area contributed by atoms with Crippen LogP contribution >= 0.6 is 0 Å². The monoisotopic (exact) mass is 637 g/mol. The summed E-state index contributed by atoms with van der Waals surface area (Å²) in [6.07, 6.45) is 0.820. The van der Waals surface area contributed by atoms with Crippen LogP contribution in [0.4, 0.5) is 0 Å². The highest BCUT2D eigenvalue weighted by Crippen LogP contribution is 2.43. The smallest absolute Gasteiger partial charge is 0.160 e. The Morgan fingerprint density at radius 3 is 1.76 bits per heavy atom. The van der Waals surface area contributed by atoms with Crippen molar-refractivity contribution in [3.05, 3.63) is 187 Å². The van der Waals surface area contributed by atoms with Crippen LogP contribution < -0.4 is 0 Å². The Morgan fingerprint density at radius 1 is 0.400 bits per heavy atom. The van der Waals surface area contributed by atoms with Crippen LogP contribution in [0.25, 0.3) is 83.6 Å². The molecule has 2 heterocycles. The number of benzene rings is 7. The lowest BCUT2D eigenvalue weighted by molar-refractivity contribution is 1.13. The van der Waals surface area contributed by atoms with Crippen molar-refractivity contribution in [2.45, 2.75) is 6.42 Å². The first-order valence-electron chi connectivity index (χ1n) is 17.1. The van der Waals surface area contributed by atoms with Crippen LogP contribution in [-0.4, -0.2) is 14.5 Å². The first-order valence-corrected chi connectivity index (χ1v) is 17.1. The zero-order valence-corrected chi connectivity index (χ0v) is 27.3. The molecule has 0 radical (unpaired) electrons. The van der Waals surface area contributed by atoms with Crippen LogP contribution in [0.3, 0.4) is 0 Å². The summed E-state index contributed by atoms with van der Waals surface area (Å²) in [6, 6.07) is 62.8. The molecule has 2 aromatic heterocycles. The molecule has 10 rings (SSSR count). The van der Waals surface area contributed by atoms with E-state index in [4.69, 9.17) is 9.97 Å². The van der Waals surface area contributed by atoms with Gasteiger partial charge in [0.1, 0.15) is 0 Å². The number of hydrogen-bond acceptors (Lipinski definition) is 2. The summed E-state index contributed by atoms with van der Waals surface area (Å²) in [7, 11) is 0. The summed E-state index contributed by atoms with van der Waals surface area (Å²) < 4.78 is 2.36. The highest BCUT2D eigenvalue weighted by Gasteiger charge is 2.26. The maximum Gasteiger partial charge on any atom is 0.160 e. The number of fused-ring (bicyclic) bond motifs is 6. The van der Waals surface area contributed by atoms with Crippen molar-refractivity contribution < 1.29 is 0 Å². The minimum atomic E-state index is 0.757. The van der Waals surface area contributed by atoms with Crippen LogP contribution in [-0.2, 0) is 6.42 Å².